The zero-order valence-electron chi connectivity index (χ0n) is 8.75. The Morgan fingerprint density at radius 3 is 2.93 bits per heavy atom. The van der Waals surface area contributed by atoms with E-state index in [1.54, 1.807) is 0 Å². The number of nitrogens with one attached hydrogen (secondary N) is 1. The van der Waals surface area contributed by atoms with Gasteiger partial charge in [-0.25, -0.2) is 0 Å². The molecule has 0 aliphatic carbocycles. The highest BCUT2D eigenvalue weighted by atomic mass is 15.0. The van der Waals surface area contributed by atoms with Gasteiger partial charge in [0.2, 0.25) is 0 Å². The van der Waals surface area contributed by atoms with Gasteiger partial charge in [-0.1, -0.05) is 12.1 Å². The fourth-order valence-electron chi connectivity index (χ4n) is 1.72. The molecule has 1 N–H and O–H groups in total. The van der Waals surface area contributed by atoms with Crippen molar-refractivity contribution in [3.05, 3.63) is 36.0 Å². The van der Waals surface area contributed by atoms with Crippen LogP contribution in [0.15, 0.2) is 30.5 Å². The van der Waals surface area contributed by atoms with E-state index < -0.39 is 0 Å². The molecule has 0 fully saturated rings. The van der Waals surface area contributed by atoms with Gasteiger partial charge in [-0.15, -0.1) is 0 Å². The van der Waals surface area contributed by atoms with Gasteiger partial charge in [0.25, 0.3) is 0 Å². The Morgan fingerprint density at radius 1 is 1.29 bits per heavy atom. The van der Waals surface area contributed by atoms with Crippen molar-refractivity contribution in [3.63, 3.8) is 0 Å². The predicted molar refractivity (Wildman–Crippen MR) is 60.6 cm³/mol. The fourth-order valence-corrected chi connectivity index (χ4v) is 1.72. The van der Waals surface area contributed by atoms with Crippen LogP contribution >= 0.6 is 0 Å². The lowest BCUT2D eigenvalue weighted by atomic mass is 10.2. The Morgan fingerprint density at radius 2 is 2.14 bits per heavy atom. The van der Waals surface area contributed by atoms with E-state index in [4.69, 9.17) is 0 Å². The zero-order valence-corrected chi connectivity index (χ0v) is 8.75. The molecule has 0 saturated heterocycles. The maximum Gasteiger partial charge on any atom is 0.0483 e. The Bertz CT molecular complexity index is 429. The molecular formula is C12H16N2. The second-order valence-corrected chi connectivity index (χ2v) is 3.67. The Balaban J connectivity index is 2.40. The van der Waals surface area contributed by atoms with E-state index in [0.29, 0.717) is 0 Å². The number of rotatable bonds is 3. The maximum atomic E-state index is 3.16. The summed E-state index contributed by atoms with van der Waals surface area (Å²) in [5.74, 6) is 0. The molecule has 2 rings (SSSR count). The first-order chi connectivity index (χ1) is 6.81. The standard InChI is InChI=1S/C12H16N2/c1-10-3-4-11-5-7-14(8-6-13-2)12(11)9-10/h3-5,7,9,13H,6,8H2,1-2H3. The number of fused-ring (bicyclic) bond motifs is 1. The third-order valence-electron chi connectivity index (χ3n) is 2.53. The summed E-state index contributed by atoms with van der Waals surface area (Å²) < 4.78 is 2.29. The van der Waals surface area contributed by atoms with Crippen molar-refractivity contribution in [2.75, 3.05) is 13.6 Å². The van der Waals surface area contributed by atoms with Gasteiger partial charge in [-0.3, -0.25) is 0 Å². The van der Waals surface area contributed by atoms with Crippen LogP contribution in [0.3, 0.4) is 0 Å². The minimum absolute atomic E-state index is 1.01. The molecule has 74 valence electrons. The first kappa shape index (κ1) is 9.28. The Kier molecular flexibility index (Phi) is 2.55. The van der Waals surface area contributed by atoms with E-state index in [1.165, 1.54) is 16.5 Å². The molecule has 14 heavy (non-hydrogen) atoms. The average molecular weight is 188 g/mol. The summed E-state index contributed by atoms with van der Waals surface area (Å²) in [7, 11) is 1.98. The molecule has 2 aromatic rings. The highest BCUT2D eigenvalue weighted by Crippen LogP contribution is 2.16. The second kappa shape index (κ2) is 3.84. The van der Waals surface area contributed by atoms with Crippen LogP contribution in [0.4, 0.5) is 0 Å². The summed E-state index contributed by atoms with van der Waals surface area (Å²) in [4.78, 5) is 0. The van der Waals surface area contributed by atoms with Crippen molar-refractivity contribution in [1.82, 2.24) is 9.88 Å². The number of hydrogen-bond acceptors (Lipinski definition) is 1. The third kappa shape index (κ3) is 1.66. The van der Waals surface area contributed by atoms with E-state index >= 15 is 0 Å². The lowest BCUT2D eigenvalue weighted by Gasteiger charge is -2.04. The van der Waals surface area contributed by atoms with Crippen molar-refractivity contribution in [2.24, 2.45) is 0 Å². The smallest absolute Gasteiger partial charge is 0.0483 e. The summed E-state index contributed by atoms with van der Waals surface area (Å²) in [6.45, 7) is 4.18. The highest BCUT2D eigenvalue weighted by molar-refractivity contribution is 5.80. The summed E-state index contributed by atoms with van der Waals surface area (Å²) in [6.07, 6.45) is 2.15. The van der Waals surface area contributed by atoms with Crippen molar-refractivity contribution in [1.29, 1.82) is 0 Å². The molecule has 0 aliphatic rings. The lowest BCUT2D eigenvalue weighted by Crippen LogP contribution is -2.14. The van der Waals surface area contributed by atoms with Crippen LogP contribution in [0.1, 0.15) is 5.56 Å². The molecule has 0 radical (unpaired) electrons. The first-order valence-electron chi connectivity index (χ1n) is 5.01. The lowest BCUT2D eigenvalue weighted by molar-refractivity contribution is 0.662. The van der Waals surface area contributed by atoms with Gasteiger partial charge in [0, 0.05) is 24.8 Å². The van der Waals surface area contributed by atoms with Gasteiger partial charge in [0.05, 0.1) is 0 Å². The minimum atomic E-state index is 1.01. The fraction of sp³-hybridized carbons (Fsp3) is 0.333. The van der Waals surface area contributed by atoms with E-state index in [-0.39, 0.29) is 0 Å². The number of nitrogens with zero attached hydrogens (tertiary/aromatic N) is 1. The van der Waals surface area contributed by atoms with Gasteiger partial charge in [0.15, 0.2) is 0 Å². The van der Waals surface area contributed by atoms with Gasteiger partial charge in [-0.2, -0.15) is 0 Å². The predicted octanol–water partition coefficient (Wildman–Crippen LogP) is 2.17. The summed E-state index contributed by atoms with van der Waals surface area (Å²) in [6, 6.07) is 8.75. The van der Waals surface area contributed by atoms with E-state index in [2.05, 4.69) is 47.3 Å². The van der Waals surface area contributed by atoms with Crippen molar-refractivity contribution >= 4 is 10.9 Å². The second-order valence-electron chi connectivity index (χ2n) is 3.67. The van der Waals surface area contributed by atoms with E-state index in [9.17, 15) is 0 Å². The number of aromatic nitrogens is 1. The van der Waals surface area contributed by atoms with Gasteiger partial charge >= 0.3 is 0 Å². The summed E-state index contributed by atoms with van der Waals surface area (Å²) in [5, 5.41) is 4.49. The molecule has 2 nitrogen and oxygen atoms in total. The van der Waals surface area contributed by atoms with Gasteiger partial charge in [-0.05, 0) is 37.1 Å². The SMILES string of the molecule is CNCCn1ccc2ccc(C)cc21. The third-order valence-corrected chi connectivity index (χ3v) is 2.53. The molecule has 1 aromatic carbocycles. The zero-order chi connectivity index (χ0) is 9.97. The number of benzene rings is 1. The molecule has 0 spiro atoms. The van der Waals surface area contributed by atoms with Crippen LogP contribution in [0.5, 0.6) is 0 Å². The van der Waals surface area contributed by atoms with Crippen molar-refractivity contribution < 1.29 is 0 Å². The largest absolute Gasteiger partial charge is 0.346 e. The van der Waals surface area contributed by atoms with Crippen molar-refractivity contribution in [2.45, 2.75) is 13.5 Å². The van der Waals surface area contributed by atoms with Crippen LogP contribution in [0.2, 0.25) is 0 Å². The number of aryl methyl sites for hydroxylation is 1. The molecule has 0 amide bonds. The normalized spacial score (nSPS) is 11.0. The highest BCUT2D eigenvalue weighted by Gasteiger charge is 1.99. The minimum Gasteiger partial charge on any atom is -0.346 e. The molecule has 0 bridgehead atoms. The van der Waals surface area contributed by atoms with E-state index in [1.807, 2.05) is 7.05 Å². The topological polar surface area (TPSA) is 17.0 Å². The van der Waals surface area contributed by atoms with Crippen LogP contribution in [-0.4, -0.2) is 18.2 Å². The number of likely N-dealkylation sites (N-methyl/N-ethyl adjacent to an activating group) is 1. The maximum absolute atomic E-state index is 3.16. The Labute approximate surface area is 84.5 Å². The molecule has 1 aromatic heterocycles. The van der Waals surface area contributed by atoms with Gasteiger partial charge in [0.1, 0.15) is 0 Å². The molecule has 0 unspecified atom stereocenters. The first-order valence-corrected chi connectivity index (χ1v) is 5.01. The van der Waals surface area contributed by atoms with Crippen LogP contribution in [0, 0.1) is 6.92 Å². The summed E-state index contributed by atoms with van der Waals surface area (Å²) >= 11 is 0. The average Bonchev–Trinajstić information content (AvgIpc) is 2.57. The quantitative estimate of drug-likeness (QED) is 0.781. The van der Waals surface area contributed by atoms with Crippen LogP contribution in [-0.2, 0) is 6.54 Å². The Hall–Kier alpha value is -1.28. The van der Waals surface area contributed by atoms with Crippen LogP contribution < -0.4 is 5.32 Å². The molecule has 0 saturated carbocycles. The monoisotopic (exact) mass is 188 g/mol. The molecule has 1 heterocycles. The molecule has 0 aliphatic heterocycles. The van der Waals surface area contributed by atoms with Crippen LogP contribution in [0.25, 0.3) is 10.9 Å². The number of hydrogen-bond donors (Lipinski definition) is 1. The molecule has 2 heteroatoms. The van der Waals surface area contributed by atoms with Crippen molar-refractivity contribution in [3.8, 4) is 0 Å². The molecular weight excluding hydrogens is 172 g/mol. The summed E-state index contributed by atoms with van der Waals surface area (Å²) in [5.41, 5.74) is 2.65. The van der Waals surface area contributed by atoms with E-state index in [0.717, 1.165) is 13.1 Å². The molecule has 0 atom stereocenters. The van der Waals surface area contributed by atoms with Gasteiger partial charge < -0.3 is 9.88 Å².